The van der Waals surface area contributed by atoms with E-state index in [1.54, 1.807) is 48.2 Å². The van der Waals surface area contributed by atoms with E-state index in [2.05, 4.69) is 15.5 Å². The van der Waals surface area contributed by atoms with Gasteiger partial charge in [0.25, 0.3) is 0 Å². The van der Waals surface area contributed by atoms with Crippen LogP contribution in [-0.2, 0) is 11.2 Å². The standard InChI is InChI=1S/C22H21N5O3/c1-15-4-3-5-16(14-15)23-20(28)11-10-19-24-25-21-22(29)26(12-13-27(19)21)17-6-8-18(30-2)9-7-17/h3-9,12-14H,10-11H2,1-2H3,(H,23,28). The Morgan fingerprint density at radius 1 is 1.10 bits per heavy atom. The van der Waals surface area contributed by atoms with Gasteiger partial charge in [-0.05, 0) is 48.9 Å². The van der Waals surface area contributed by atoms with Gasteiger partial charge in [0, 0.05) is 36.6 Å². The Morgan fingerprint density at radius 2 is 1.90 bits per heavy atom. The van der Waals surface area contributed by atoms with Crippen molar-refractivity contribution < 1.29 is 9.53 Å². The molecule has 2 heterocycles. The number of fused-ring (bicyclic) bond motifs is 1. The van der Waals surface area contributed by atoms with Crippen molar-refractivity contribution in [2.24, 2.45) is 0 Å². The van der Waals surface area contributed by atoms with Gasteiger partial charge in [0.05, 0.1) is 7.11 Å². The van der Waals surface area contributed by atoms with Gasteiger partial charge in [0.1, 0.15) is 11.6 Å². The monoisotopic (exact) mass is 403 g/mol. The minimum Gasteiger partial charge on any atom is -0.497 e. The molecule has 0 aliphatic rings. The average molecular weight is 403 g/mol. The number of carbonyl (C=O) groups is 1. The van der Waals surface area contributed by atoms with Gasteiger partial charge in [-0.2, -0.15) is 0 Å². The number of nitrogens with zero attached hydrogens (tertiary/aromatic N) is 4. The first-order valence-electron chi connectivity index (χ1n) is 9.51. The fraction of sp³-hybridized carbons (Fsp3) is 0.182. The lowest BCUT2D eigenvalue weighted by Crippen LogP contribution is -2.20. The normalized spacial score (nSPS) is 10.9. The first-order chi connectivity index (χ1) is 14.5. The van der Waals surface area contributed by atoms with Gasteiger partial charge < -0.3 is 10.1 Å². The van der Waals surface area contributed by atoms with Crippen LogP contribution in [0.25, 0.3) is 11.3 Å². The number of rotatable bonds is 6. The van der Waals surface area contributed by atoms with E-state index in [9.17, 15) is 9.59 Å². The highest BCUT2D eigenvalue weighted by Gasteiger charge is 2.13. The number of carbonyl (C=O) groups excluding carboxylic acids is 1. The van der Waals surface area contributed by atoms with Gasteiger partial charge in [-0.25, -0.2) is 0 Å². The molecule has 0 bridgehead atoms. The maximum absolute atomic E-state index is 12.8. The Balaban J connectivity index is 1.51. The Kier molecular flexibility index (Phi) is 5.30. The van der Waals surface area contributed by atoms with Crippen LogP contribution in [0, 0.1) is 6.92 Å². The van der Waals surface area contributed by atoms with E-state index in [1.807, 2.05) is 31.2 Å². The van der Waals surface area contributed by atoms with Crippen LogP contribution in [0.3, 0.4) is 0 Å². The summed E-state index contributed by atoms with van der Waals surface area (Å²) in [5.41, 5.74) is 2.45. The minimum atomic E-state index is -0.286. The van der Waals surface area contributed by atoms with Crippen LogP contribution in [0.1, 0.15) is 17.8 Å². The molecule has 1 N–H and O–H groups in total. The van der Waals surface area contributed by atoms with E-state index in [4.69, 9.17) is 4.74 Å². The largest absolute Gasteiger partial charge is 0.497 e. The van der Waals surface area contributed by atoms with Crippen molar-refractivity contribution >= 4 is 17.2 Å². The van der Waals surface area contributed by atoms with Crippen LogP contribution < -0.4 is 15.6 Å². The fourth-order valence-electron chi connectivity index (χ4n) is 3.22. The molecular formula is C22H21N5O3. The lowest BCUT2D eigenvalue weighted by atomic mass is 10.2. The van der Waals surface area contributed by atoms with Crippen molar-refractivity contribution in [1.29, 1.82) is 0 Å². The van der Waals surface area contributed by atoms with Gasteiger partial charge in [-0.15, -0.1) is 10.2 Å². The van der Waals surface area contributed by atoms with Gasteiger partial charge >= 0.3 is 5.56 Å². The summed E-state index contributed by atoms with van der Waals surface area (Å²) in [7, 11) is 1.59. The summed E-state index contributed by atoms with van der Waals surface area (Å²) in [5.74, 6) is 1.15. The second-order valence-corrected chi connectivity index (χ2v) is 6.90. The van der Waals surface area contributed by atoms with Crippen molar-refractivity contribution in [3.8, 4) is 11.4 Å². The van der Waals surface area contributed by atoms with Crippen LogP contribution in [0.5, 0.6) is 5.75 Å². The molecule has 2 aromatic heterocycles. The molecule has 1 amide bonds. The van der Waals surface area contributed by atoms with Crippen LogP contribution in [0.4, 0.5) is 5.69 Å². The summed E-state index contributed by atoms with van der Waals surface area (Å²) in [6.07, 6.45) is 3.99. The van der Waals surface area contributed by atoms with E-state index in [-0.39, 0.29) is 23.5 Å². The molecule has 2 aromatic carbocycles. The number of aromatic nitrogens is 4. The van der Waals surface area contributed by atoms with E-state index >= 15 is 0 Å². The number of hydrogen-bond donors (Lipinski definition) is 1. The third-order valence-electron chi connectivity index (χ3n) is 4.77. The van der Waals surface area contributed by atoms with Gasteiger partial charge in [0.15, 0.2) is 0 Å². The predicted octanol–water partition coefficient (Wildman–Crippen LogP) is 2.77. The van der Waals surface area contributed by atoms with Crippen LogP contribution in [-0.4, -0.2) is 32.2 Å². The Hall–Kier alpha value is -3.94. The summed E-state index contributed by atoms with van der Waals surface area (Å²) < 4.78 is 8.28. The fourth-order valence-corrected chi connectivity index (χ4v) is 3.22. The summed E-state index contributed by atoms with van der Waals surface area (Å²) in [4.78, 5) is 25.1. The number of nitrogens with one attached hydrogen (secondary N) is 1. The lowest BCUT2D eigenvalue weighted by molar-refractivity contribution is -0.116. The third kappa shape index (κ3) is 3.93. The predicted molar refractivity (Wildman–Crippen MR) is 113 cm³/mol. The highest BCUT2D eigenvalue weighted by Crippen LogP contribution is 2.14. The summed E-state index contributed by atoms with van der Waals surface area (Å²) in [6.45, 7) is 1.97. The zero-order valence-electron chi connectivity index (χ0n) is 16.7. The highest BCUT2D eigenvalue weighted by atomic mass is 16.5. The lowest BCUT2D eigenvalue weighted by Gasteiger charge is -2.08. The van der Waals surface area contributed by atoms with Gasteiger partial charge in [-0.3, -0.25) is 18.6 Å². The van der Waals surface area contributed by atoms with Crippen molar-refractivity contribution in [3.05, 3.63) is 82.7 Å². The summed E-state index contributed by atoms with van der Waals surface area (Å²) >= 11 is 0. The molecule has 4 rings (SSSR count). The number of hydrogen-bond acceptors (Lipinski definition) is 5. The van der Waals surface area contributed by atoms with E-state index in [1.165, 1.54) is 4.57 Å². The smallest absolute Gasteiger partial charge is 0.300 e. The quantitative estimate of drug-likeness (QED) is 0.535. The van der Waals surface area contributed by atoms with Crippen molar-refractivity contribution in [2.45, 2.75) is 19.8 Å². The molecule has 152 valence electrons. The van der Waals surface area contributed by atoms with Crippen LogP contribution in [0.2, 0.25) is 0 Å². The maximum Gasteiger partial charge on any atom is 0.300 e. The molecule has 0 fully saturated rings. The van der Waals surface area contributed by atoms with Crippen molar-refractivity contribution in [1.82, 2.24) is 19.2 Å². The number of ether oxygens (including phenoxy) is 1. The molecule has 0 saturated carbocycles. The third-order valence-corrected chi connectivity index (χ3v) is 4.77. The Morgan fingerprint density at radius 3 is 2.63 bits per heavy atom. The van der Waals surface area contributed by atoms with E-state index in [0.717, 1.165) is 11.3 Å². The highest BCUT2D eigenvalue weighted by molar-refractivity contribution is 5.90. The van der Waals surface area contributed by atoms with Crippen molar-refractivity contribution in [2.75, 3.05) is 12.4 Å². The Labute approximate surface area is 172 Å². The molecule has 30 heavy (non-hydrogen) atoms. The Bertz CT molecular complexity index is 1260. The molecule has 0 aliphatic carbocycles. The molecule has 8 heteroatoms. The van der Waals surface area contributed by atoms with E-state index in [0.29, 0.717) is 23.7 Å². The first-order valence-corrected chi connectivity index (χ1v) is 9.51. The van der Waals surface area contributed by atoms with Crippen LogP contribution >= 0.6 is 0 Å². The minimum absolute atomic E-state index is 0.121. The first kappa shape index (κ1) is 19.4. The zero-order chi connectivity index (χ0) is 21.1. The molecule has 0 radical (unpaired) electrons. The number of benzene rings is 2. The molecule has 4 aromatic rings. The molecule has 0 unspecified atom stereocenters. The summed E-state index contributed by atoms with van der Waals surface area (Å²) in [6, 6.07) is 14.8. The molecule has 0 aliphatic heterocycles. The maximum atomic E-state index is 12.8. The SMILES string of the molecule is COc1ccc(-n2ccn3c(CCC(=O)Nc4cccc(C)c4)nnc3c2=O)cc1. The second-order valence-electron chi connectivity index (χ2n) is 6.90. The molecule has 0 spiro atoms. The second kappa shape index (κ2) is 8.20. The van der Waals surface area contributed by atoms with Gasteiger partial charge in [-0.1, -0.05) is 12.1 Å². The number of methoxy groups -OCH3 is 1. The number of anilines is 1. The number of aryl methyl sites for hydroxylation is 2. The van der Waals surface area contributed by atoms with Crippen LogP contribution in [0.15, 0.2) is 65.7 Å². The average Bonchev–Trinajstić information content (AvgIpc) is 3.17. The van der Waals surface area contributed by atoms with E-state index < -0.39 is 0 Å². The summed E-state index contributed by atoms with van der Waals surface area (Å²) in [5, 5.41) is 11.0. The number of amides is 1. The molecule has 8 nitrogen and oxygen atoms in total. The topological polar surface area (TPSA) is 90.5 Å². The van der Waals surface area contributed by atoms with Crippen molar-refractivity contribution in [3.63, 3.8) is 0 Å². The molecule has 0 atom stereocenters. The molecule has 0 saturated heterocycles. The zero-order valence-corrected chi connectivity index (χ0v) is 16.7. The molecular weight excluding hydrogens is 382 g/mol. The van der Waals surface area contributed by atoms with Gasteiger partial charge in [0.2, 0.25) is 11.6 Å².